The standard InChI is InChI=1S/C12H10BClFNO3/c14-12-8(2-1-3-11(12)15)7-19-10-4-9(13(17)18)5-16-6-10/h1-6,17-18H,7H2. The topological polar surface area (TPSA) is 62.6 Å². The Morgan fingerprint density at radius 2 is 2.11 bits per heavy atom. The van der Waals surface area contributed by atoms with E-state index in [1.807, 2.05) is 0 Å². The molecule has 0 aliphatic heterocycles. The summed E-state index contributed by atoms with van der Waals surface area (Å²) in [5.41, 5.74) is 0.708. The van der Waals surface area contributed by atoms with Crippen molar-refractivity contribution >= 4 is 24.2 Å². The molecule has 2 rings (SSSR count). The lowest BCUT2D eigenvalue weighted by Crippen LogP contribution is -2.30. The van der Waals surface area contributed by atoms with Crippen LogP contribution in [0.4, 0.5) is 4.39 Å². The molecule has 4 nitrogen and oxygen atoms in total. The highest BCUT2D eigenvalue weighted by Crippen LogP contribution is 2.21. The fourth-order valence-electron chi connectivity index (χ4n) is 1.48. The Labute approximate surface area is 114 Å². The first kappa shape index (κ1) is 13.8. The molecule has 0 saturated heterocycles. The van der Waals surface area contributed by atoms with Crippen LogP contribution in [0.1, 0.15) is 5.56 Å². The SMILES string of the molecule is OB(O)c1cncc(OCc2cccc(F)c2Cl)c1. The van der Waals surface area contributed by atoms with Gasteiger partial charge in [-0.25, -0.2) is 4.39 Å². The van der Waals surface area contributed by atoms with Crippen molar-refractivity contribution in [2.45, 2.75) is 6.61 Å². The van der Waals surface area contributed by atoms with E-state index in [1.165, 1.54) is 30.6 Å². The van der Waals surface area contributed by atoms with Gasteiger partial charge in [-0.2, -0.15) is 0 Å². The van der Waals surface area contributed by atoms with Crippen LogP contribution in [0.25, 0.3) is 0 Å². The zero-order valence-corrected chi connectivity index (χ0v) is 10.5. The van der Waals surface area contributed by atoms with Crippen LogP contribution in [0.2, 0.25) is 5.02 Å². The highest BCUT2D eigenvalue weighted by molar-refractivity contribution is 6.58. The van der Waals surface area contributed by atoms with Gasteiger partial charge in [-0.05, 0) is 12.1 Å². The molecule has 0 unspecified atom stereocenters. The number of hydrogen-bond donors (Lipinski definition) is 2. The van der Waals surface area contributed by atoms with Crippen molar-refractivity contribution in [2.75, 3.05) is 0 Å². The largest absolute Gasteiger partial charge is 0.490 e. The van der Waals surface area contributed by atoms with E-state index < -0.39 is 12.9 Å². The lowest BCUT2D eigenvalue weighted by molar-refractivity contribution is 0.304. The maximum absolute atomic E-state index is 13.2. The minimum Gasteiger partial charge on any atom is -0.487 e. The Kier molecular flexibility index (Phi) is 4.37. The van der Waals surface area contributed by atoms with Gasteiger partial charge in [-0.1, -0.05) is 23.7 Å². The molecule has 0 saturated carbocycles. The molecule has 0 atom stereocenters. The van der Waals surface area contributed by atoms with Crippen LogP contribution >= 0.6 is 11.6 Å². The summed E-state index contributed by atoms with van der Waals surface area (Å²) in [6.07, 6.45) is 2.73. The van der Waals surface area contributed by atoms with Gasteiger partial charge in [0.05, 0.1) is 11.2 Å². The molecule has 0 aliphatic rings. The number of benzene rings is 1. The Hall–Kier alpha value is -1.63. The summed E-state index contributed by atoms with van der Waals surface area (Å²) in [5, 5.41) is 18.0. The van der Waals surface area contributed by atoms with E-state index in [2.05, 4.69) is 4.98 Å². The third kappa shape index (κ3) is 3.44. The number of ether oxygens (including phenoxy) is 1. The number of pyridine rings is 1. The van der Waals surface area contributed by atoms with Crippen molar-refractivity contribution in [1.29, 1.82) is 0 Å². The van der Waals surface area contributed by atoms with Crippen molar-refractivity contribution in [1.82, 2.24) is 4.98 Å². The van der Waals surface area contributed by atoms with Gasteiger partial charge < -0.3 is 14.8 Å². The molecular weight excluding hydrogens is 271 g/mol. The van der Waals surface area contributed by atoms with Crippen LogP contribution in [0.15, 0.2) is 36.7 Å². The van der Waals surface area contributed by atoms with Gasteiger partial charge >= 0.3 is 7.12 Å². The molecule has 0 aliphatic carbocycles. The van der Waals surface area contributed by atoms with Crippen LogP contribution in [0, 0.1) is 5.82 Å². The molecule has 0 bridgehead atoms. The molecule has 1 aromatic heterocycles. The number of hydrogen-bond acceptors (Lipinski definition) is 4. The summed E-state index contributed by atoms with van der Waals surface area (Å²) in [5.74, 6) is -0.175. The monoisotopic (exact) mass is 281 g/mol. The molecule has 2 N–H and O–H groups in total. The summed E-state index contributed by atoms with van der Waals surface area (Å²) in [7, 11) is -1.62. The zero-order chi connectivity index (χ0) is 13.8. The van der Waals surface area contributed by atoms with E-state index in [1.54, 1.807) is 6.07 Å². The predicted octanol–water partition coefficient (Wildman–Crippen LogP) is 1.13. The number of nitrogens with zero attached hydrogens (tertiary/aromatic N) is 1. The molecule has 19 heavy (non-hydrogen) atoms. The number of halogens is 2. The van der Waals surface area contributed by atoms with Crippen LogP contribution in [-0.4, -0.2) is 22.2 Å². The van der Waals surface area contributed by atoms with Crippen molar-refractivity contribution < 1.29 is 19.2 Å². The lowest BCUT2D eigenvalue weighted by atomic mass is 9.82. The highest BCUT2D eigenvalue weighted by atomic mass is 35.5. The minimum absolute atomic E-state index is 0.00815. The molecule has 0 radical (unpaired) electrons. The summed E-state index contributed by atoms with van der Waals surface area (Å²) >= 11 is 5.79. The normalized spacial score (nSPS) is 10.3. The Morgan fingerprint density at radius 3 is 2.84 bits per heavy atom. The van der Waals surface area contributed by atoms with Gasteiger partial charge in [0.2, 0.25) is 0 Å². The van der Waals surface area contributed by atoms with Gasteiger partial charge in [0.15, 0.2) is 0 Å². The van der Waals surface area contributed by atoms with E-state index in [0.717, 1.165) is 0 Å². The highest BCUT2D eigenvalue weighted by Gasteiger charge is 2.12. The van der Waals surface area contributed by atoms with Crippen molar-refractivity contribution in [3.05, 3.63) is 53.1 Å². The van der Waals surface area contributed by atoms with Crippen LogP contribution in [0.3, 0.4) is 0 Å². The maximum Gasteiger partial charge on any atom is 0.490 e. The lowest BCUT2D eigenvalue weighted by Gasteiger charge is -2.09. The first-order chi connectivity index (χ1) is 9.08. The number of aromatic nitrogens is 1. The Morgan fingerprint density at radius 1 is 1.32 bits per heavy atom. The average Bonchev–Trinajstić information content (AvgIpc) is 2.41. The molecule has 7 heteroatoms. The molecule has 0 fully saturated rings. The summed E-state index contributed by atoms with van der Waals surface area (Å²) in [6, 6.07) is 5.87. The van der Waals surface area contributed by atoms with Gasteiger partial charge in [0, 0.05) is 17.2 Å². The second-order valence-corrected chi connectivity index (χ2v) is 4.21. The third-order valence-corrected chi connectivity index (χ3v) is 2.88. The van der Waals surface area contributed by atoms with Gasteiger partial charge in [-0.15, -0.1) is 0 Å². The number of rotatable bonds is 4. The predicted molar refractivity (Wildman–Crippen MR) is 69.8 cm³/mol. The summed E-state index contributed by atoms with van der Waals surface area (Å²) < 4.78 is 18.6. The molecule has 1 aromatic carbocycles. The first-order valence-electron chi connectivity index (χ1n) is 5.44. The average molecular weight is 281 g/mol. The van der Waals surface area contributed by atoms with E-state index in [-0.39, 0.29) is 17.1 Å². The second-order valence-electron chi connectivity index (χ2n) is 3.83. The molecule has 2 aromatic rings. The Balaban J connectivity index is 2.10. The van der Waals surface area contributed by atoms with E-state index in [9.17, 15) is 4.39 Å². The summed E-state index contributed by atoms with van der Waals surface area (Å²) in [6.45, 7) is 0.0588. The van der Waals surface area contributed by atoms with Crippen LogP contribution < -0.4 is 10.2 Å². The maximum atomic E-state index is 13.2. The van der Waals surface area contributed by atoms with E-state index >= 15 is 0 Å². The van der Waals surface area contributed by atoms with Crippen LogP contribution in [0.5, 0.6) is 5.75 Å². The second kappa shape index (κ2) is 6.01. The minimum atomic E-state index is -1.62. The van der Waals surface area contributed by atoms with Gasteiger partial charge in [-0.3, -0.25) is 4.98 Å². The zero-order valence-electron chi connectivity index (χ0n) is 9.75. The van der Waals surface area contributed by atoms with Gasteiger partial charge in [0.25, 0.3) is 0 Å². The fraction of sp³-hybridized carbons (Fsp3) is 0.0833. The quantitative estimate of drug-likeness (QED) is 0.825. The summed E-state index contributed by atoms with van der Waals surface area (Å²) in [4.78, 5) is 3.81. The van der Waals surface area contributed by atoms with Crippen molar-refractivity contribution in [3.8, 4) is 5.75 Å². The van der Waals surface area contributed by atoms with Crippen molar-refractivity contribution in [2.24, 2.45) is 0 Å². The molecule has 0 spiro atoms. The molecule has 98 valence electrons. The third-order valence-electron chi connectivity index (χ3n) is 2.46. The van der Waals surface area contributed by atoms with Crippen molar-refractivity contribution in [3.63, 3.8) is 0 Å². The van der Waals surface area contributed by atoms with Crippen LogP contribution in [-0.2, 0) is 6.61 Å². The molecule has 1 heterocycles. The van der Waals surface area contributed by atoms with Gasteiger partial charge in [0.1, 0.15) is 18.2 Å². The molecule has 0 amide bonds. The Bertz CT molecular complexity index is 583. The first-order valence-corrected chi connectivity index (χ1v) is 5.82. The fourth-order valence-corrected chi connectivity index (χ4v) is 1.66. The van der Waals surface area contributed by atoms with E-state index in [0.29, 0.717) is 11.3 Å². The smallest absolute Gasteiger partial charge is 0.487 e. The van der Waals surface area contributed by atoms with E-state index in [4.69, 9.17) is 26.4 Å². The molecular formula is C12H10BClFNO3.